The molecule has 3 aromatic rings. The van der Waals surface area contributed by atoms with E-state index in [2.05, 4.69) is 24.4 Å². The van der Waals surface area contributed by atoms with Crippen LogP contribution in [0.5, 0.6) is 0 Å². The average molecular weight is 377 g/mol. The maximum atomic E-state index is 13.6. The number of carbonyl (C=O) groups excluding carboxylic acids is 1. The van der Waals surface area contributed by atoms with E-state index in [9.17, 15) is 4.79 Å². The number of para-hydroxylation sites is 2. The zero-order valence-corrected chi connectivity index (χ0v) is 15.9. The zero-order valence-electron chi connectivity index (χ0n) is 15.1. The first-order valence-corrected chi connectivity index (χ1v) is 9.51. The third-order valence-corrected chi connectivity index (χ3v) is 5.30. The molecule has 0 saturated carbocycles. The summed E-state index contributed by atoms with van der Waals surface area (Å²) in [7, 11) is 0. The van der Waals surface area contributed by atoms with Crippen molar-refractivity contribution in [3.05, 3.63) is 95.0 Å². The van der Waals surface area contributed by atoms with Gasteiger partial charge in [-0.1, -0.05) is 60.1 Å². The summed E-state index contributed by atoms with van der Waals surface area (Å²) in [5.74, 6) is -0.0827. The quantitative estimate of drug-likeness (QED) is 0.614. The van der Waals surface area contributed by atoms with Gasteiger partial charge in [-0.15, -0.1) is 0 Å². The number of hydrogen-bond donors (Lipinski definition) is 1. The molecular weight excluding hydrogens is 356 g/mol. The van der Waals surface area contributed by atoms with Gasteiger partial charge in [0.05, 0.1) is 16.6 Å². The highest BCUT2D eigenvalue weighted by atomic mass is 35.5. The summed E-state index contributed by atoms with van der Waals surface area (Å²) in [6, 6.07) is 25.5. The van der Waals surface area contributed by atoms with Crippen molar-refractivity contribution in [1.82, 2.24) is 0 Å². The molecule has 0 aromatic heterocycles. The SMILES string of the molecule is C[C@H]1C[C@@H](N(C(=O)c2ccccc2Cl)c2ccccc2)c2ccccc2N1. The third-order valence-electron chi connectivity index (χ3n) is 4.97. The van der Waals surface area contributed by atoms with E-state index in [1.54, 1.807) is 12.1 Å². The highest BCUT2D eigenvalue weighted by molar-refractivity contribution is 6.34. The van der Waals surface area contributed by atoms with Crippen molar-refractivity contribution in [3.8, 4) is 0 Å². The average Bonchev–Trinajstić information content (AvgIpc) is 2.69. The van der Waals surface area contributed by atoms with Gasteiger partial charge in [0, 0.05) is 17.4 Å². The Hall–Kier alpha value is -2.78. The van der Waals surface area contributed by atoms with Gasteiger partial charge in [-0.25, -0.2) is 0 Å². The molecule has 1 N–H and O–H groups in total. The van der Waals surface area contributed by atoms with Crippen molar-refractivity contribution in [2.24, 2.45) is 0 Å². The Morgan fingerprint density at radius 1 is 0.963 bits per heavy atom. The summed E-state index contributed by atoms with van der Waals surface area (Å²) in [4.78, 5) is 15.5. The maximum absolute atomic E-state index is 13.6. The van der Waals surface area contributed by atoms with Gasteiger partial charge in [-0.2, -0.15) is 0 Å². The van der Waals surface area contributed by atoms with Gasteiger partial charge in [0.2, 0.25) is 0 Å². The maximum Gasteiger partial charge on any atom is 0.260 e. The second-order valence-corrected chi connectivity index (χ2v) is 7.28. The number of hydrogen-bond acceptors (Lipinski definition) is 2. The number of anilines is 2. The molecule has 3 aromatic carbocycles. The lowest BCUT2D eigenvalue weighted by Crippen LogP contribution is -2.40. The molecule has 1 amide bonds. The minimum atomic E-state index is -0.0827. The summed E-state index contributed by atoms with van der Waals surface area (Å²) < 4.78 is 0. The number of amides is 1. The zero-order chi connectivity index (χ0) is 18.8. The van der Waals surface area contributed by atoms with Gasteiger partial charge in [0.1, 0.15) is 0 Å². The first-order chi connectivity index (χ1) is 13.1. The minimum Gasteiger partial charge on any atom is -0.382 e. The van der Waals surface area contributed by atoms with Crippen LogP contribution in [0.1, 0.15) is 35.3 Å². The van der Waals surface area contributed by atoms with Gasteiger partial charge >= 0.3 is 0 Å². The monoisotopic (exact) mass is 376 g/mol. The van der Waals surface area contributed by atoms with Gasteiger partial charge in [-0.3, -0.25) is 4.79 Å². The summed E-state index contributed by atoms with van der Waals surface area (Å²) in [5.41, 5.74) is 3.59. The topological polar surface area (TPSA) is 32.3 Å². The van der Waals surface area contributed by atoms with Crippen LogP contribution in [0.2, 0.25) is 5.02 Å². The minimum absolute atomic E-state index is 0.0661. The fourth-order valence-corrected chi connectivity index (χ4v) is 3.96. The Kier molecular flexibility index (Phi) is 4.87. The van der Waals surface area contributed by atoms with E-state index < -0.39 is 0 Å². The molecule has 0 aliphatic carbocycles. The van der Waals surface area contributed by atoms with Crippen molar-refractivity contribution in [3.63, 3.8) is 0 Å². The van der Waals surface area contributed by atoms with E-state index in [4.69, 9.17) is 11.6 Å². The predicted octanol–water partition coefficient (Wildman–Crippen LogP) is 5.93. The number of fused-ring (bicyclic) bond motifs is 1. The highest BCUT2D eigenvalue weighted by Gasteiger charge is 2.33. The van der Waals surface area contributed by atoms with Gasteiger partial charge in [0.25, 0.3) is 5.91 Å². The first kappa shape index (κ1) is 17.6. The largest absolute Gasteiger partial charge is 0.382 e. The fraction of sp³-hybridized carbons (Fsp3) is 0.174. The Morgan fingerprint density at radius 3 is 2.41 bits per heavy atom. The van der Waals surface area contributed by atoms with E-state index >= 15 is 0 Å². The number of carbonyl (C=O) groups is 1. The summed E-state index contributed by atoms with van der Waals surface area (Å²) in [6.45, 7) is 2.14. The van der Waals surface area contributed by atoms with Crippen molar-refractivity contribution in [1.29, 1.82) is 0 Å². The molecule has 1 aliphatic heterocycles. The normalized spacial score (nSPS) is 18.3. The molecule has 4 heteroatoms. The molecule has 0 spiro atoms. The van der Waals surface area contributed by atoms with Crippen LogP contribution in [0.15, 0.2) is 78.9 Å². The molecule has 27 heavy (non-hydrogen) atoms. The van der Waals surface area contributed by atoms with E-state index in [1.165, 1.54) is 0 Å². The molecule has 4 rings (SSSR count). The van der Waals surface area contributed by atoms with Crippen LogP contribution in [-0.4, -0.2) is 11.9 Å². The molecular formula is C23H21ClN2O. The molecule has 0 radical (unpaired) electrons. The van der Waals surface area contributed by atoms with Crippen molar-refractivity contribution in [2.45, 2.75) is 25.4 Å². The lowest BCUT2D eigenvalue weighted by atomic mass is 9.91. The smallest absolute Gasteiger partial charge is 0.260 e. The number of rotatable bonds is 3. The lowest BCUT2D eigenvalue weighted by molar-refractivity contribution is 0.0974. The van der Waals surface area contributed by atoms with Gasteiger partial charge in [-0.05, 0) is 49.2 Å². The summed E-state index contributed by atoms with van der Waals surface area (Å²) in [5, 5.41) is 3.99. The fourth-order valence-electron chi connectivity index (χ4n) is 3.74. The molecule has 0 saturated heterocycles. The molecule has 3 nitrogen and oxygen atoms in total. The van der Waals surface area contributed by atoms with Crippen LogP contribution >= 0.6 is 11.6 Å². The van der Waals surface area contributed by atoms with E-state index in [0.29, 0.717) is 10.6 Å². The van der Waals surface area contributed by atoms with Crippen molar-refractivity contribution >= 4 is 28.9 Å². The van der Waals surface area contributed by atoms with Crippen LogP contribution in [0.4, 0.5) is 11.4 Å². The highest BCUT2D eigenvalue weighted by Crippen LogP contribution is 2.40. The molecule has 2 atom stereocenters. The van der Waals surface area contributed by atoms with Crippen LogP contribution in [0.25, 0.3) is 0 Å². The van der Waals surface area contributed by atoms with Crippen LogP contribution in [0, 0.1) is 0 Å². The molecule has 1 aliphatic rings. The number of nitrogens with zero attached hydrogens (tertiary/aromatic N) is 1. The van der Waals surface area contributed by atoms with E-state index in [0.717, 1.165) is 23.4 Å². The van der Waals surface area contributed by atoms with Crippen molar-refractivity contribution < 1.29 is 4.79 Å². The molecule has 0 fully saturated rings. The van der Waals surface area contributed by atoms with Crippen LogP contribution < -0.4 is 10.2 Å². The van der Waals surface area contributed by atoms with Gasteiger partial charge in [0.15, 0.2) is 0 Å². The van der Waals surface area contributed by atoms with Crippen LogP contribution in [-0.2, 0) is 0 Å². The molecule has 0 bridgehead atoms. The second-order valence-electron chi connectivity index (χ2n) is 6.87. The van der Waals surface area contributed by atoms with E-state index in [1.807, 2.05) is 59.5 Å². The Bertz CT molecular complexity index is 957. The summed E-state index contributed by atoms with van der Waals surface area (Å²) >= 11 is 6.36. The Balaban J connectivity index is 1.85. The first-order valence-electron chi connectivity index (χ1n) is 9.14. The Morgan fingerprint density at radius 2 is 1.63 bits per heavy atom. The molecule has 1 heterocycles. The molecule has 0 unspecified atom stereocenters. The molecule has 136 valence electrons. The lowest BCUT2D eigenvalue weighted by Gasteiger charge is -2.39. The summed E-state index contributed by atoms with van der Waals surface area (Å²) in [6.07, 6.45) is 0.822. The number of benzene rings is 3. The number of halogens is 1. The van der Waals surface area contributed by atoms with E-state index in [-0.39, 0.29) is 18.0 Å². The number of nitrogens with one attached hydrogen (secondary N) is 1. The Labute approximate surface area is 164 Å². The van der Waals surface area contributed by atoms with Gasteiger partial charge < -0.3 is 10.2 Å². The second kappa shape index (κ2) is 7.45. The predicted molar refractivity (Wildman–Crippen MR) is 112 cm³/mol. The van der Waals surface area contributed by atoms with Crippen LogP contribution in [0.3, 0.4) is 0 Å². The third kappa shape index (κ3) is 3.43. The standard InChI is InChI=1S/C23H21ClN2O/c1-16-15-22(19-12-6-8-14-21(19)25-16)26(17-9-3-2-4-10-17)23(27)18-11-5-7-13-20(18)24/h2-14,16,22,25H,15H2,1H3/t16-,22+/m0/s1. The van der Waals surface area contributed by atoms with Crippen molar-refractivity contribution in [2.75, 3.05) is 10.2 Å².